The van der Waals surface area contributed by atoms with Crippen molar-refractivity contribution in [3.63, 3.8) is 0 Å². The summed E-state index contributed by atoms with van der Waals surface area (Å²) >= 11 is 6.53. The van der Waals surface area contributed by atoms with Gasteiger partial charge in [0.05, 0.1) is 16.9 Å². The second-order valence-electron chi connectivity index (χ2n) is 3.85. The van der Waals surface area contributed by atoms with Crippen LogP contribution in [0.2, 0.25) is 0 Å². The van der Waals surface area contributed by atoms with Gasteiger partial charge in [0, 0.05) is 4.88 Å². The zero-order valence-electron chi connectivity index (χ0n) is 9.45. The van der Waals surface area contributed by atoms with Crippen LogP contribution in [0.15, 0.2) is 17.5 Å². The standard InChI is InChI=1S/C11H16N2OS2/c1-3-11(2,10(12)15)13-9(14)7-8-5-4-6-16-8/h4-6H,3,7H2,1-2H3,(H2,12,15)(H,13,14). The first-order valence-electron chi connectivity index (χ1n) is 5.11. The van der Waals surface area contributed by atoms with Gasteiger partial charge in [-0.05, 0) is 24.8 Å². The second-order valence-corrected chi connectivity index (χ2v) is 5.33. The molecule has 0 saturated carbocycles. The highest BCUT2D eigenvalue weighted by molar-refractivity contribution is 7.80. The average molecular weight is 256 g/mol. The predicted molar refractivity (Wildman–Crippen MR) is 71.6 cm³/mol. The molecule has 1 rings (SSSR count). The highest BCUT2D eigenvalue weighted by Crippen LogP contribution is 2.12. The van der Waals surface area contributed by atoms with E-state index in [1.54, 1.807) is 11.3 Å². The Balaban J connectivity index is 2.60. The molecular formula is C11H16N2OS2. The van der Waals surface area contributed by atoms with Gasteiger partial charge < -0.3 is 11.1 Å². The van der Waals surface area contributed by atoms with Crippen LogP contribution in [0.25, 0.3) is 0 Å². The van der Waals surface area contributed by atoms with Gasteiger partial charge in [0.1, 0.15) is 0 Å². The van der Waals surface area contributed by atoms with Gasteiger partial charge >= 0.3 is 0 Å². The van der Waals surface area contributed by atoms with Crippen molar-refractivity contribution in [2.45, 2.75) is 32.2 Å². The van der Waals surface area contributed by atoms with Gasteiger partial charge in [-0.25, -0.2) is 0 Å². The van der Waals surface area contributed by atoms with Crippen LogP contribution in [-0.2, 0) is 11.2 Å². The molecule has 5 heteroatoms. The molecule has 0 saturated heterocycles. The van der Waals surface area contributed by atoms with Crippen molar-refractivity contribution in [3.05, 3.63) is 22.4 Å². The number of nitrogens with one attached hydrogen (secondary N) is 1. The van der Waals surface area contributed by atoms with Crippen LogP contribution >= 0.6 is 23.6 Å². The van der Waals surface area contributed by atoms with Gasteiger partial charge in [-0.15, -0.1) is 11.3 Å². The zero-order chi connectivity index (χ0) is 12.2. The summed E-state index contributed by atoms with van der Waals surface area (Å²) in [4.78, 5) is 13.1. The molecule has 1 aromatic rings. The Hall–Kier alpha value is -0.940. The first kappa shape index (κ1) is 13.1. The molecule has 0 aliphatic carbocycles. The maximum Gasteiger partial charge on any atom is 0.226 e. The van der Waals surface area contributed by atoms with Crippen LogP contribution in [0.4, 0.5) is 0 Å². The fourth-order valence-corrected chi connectivity index (χ4v) is 2.15. The van der Waals surface area contributed by atoms with E-state index in [0.29, 0.717) is 17.8 Å². The second kappa shape index (κ2) is 5.41. The Morgan fingerprint density at radius 1 is 1.69 bits per heavy atom. The van der Waals surface area contributed by atoms with Crippen molar-refractivity contribution in [3.8, 4) is 0 Å². The van der Waals surface area contributed by atoms with Crippen molar-refractivity contribution in [2.24, 2.45) is 5.73 Å². The van der Waals surface area contributed by atoms with Crippen LogP contribution in [-0.4, -0.2) is 16.4 Å². The van der Waals surface area contributed by atoms with E-state index in [-0.39, 0.29) is 5.91 Å². The maximum atomic E-state index is 11.8. The Morgan fingerprint density at radius 3 is 2.81 bits per heavy atom. The molecule has 88 valence electrons. The molecule has 1 aromatic heterocycles. The summed E-state index contributed by atoms with van der Waals surface area (Å²) in [5.74, 6) is -0.0420. The fraction of sp³-hybridized carbons (Fsp3) is 0.455. The van der Waals surface area contributed by atoms with E-state index in [1.165, 1.54) is 0 Å². The van der Waals surface area contributed by atoms with E-state index in [1.807, 2.05) is 31.4 Å². The average Bonchev–Trinajstić information content (AvgIpc) is 2.69. The van der Waals surface area contributed by atoms with Gasteiger partial charge in [-0.2, -0.15) is 0 Å². The number of hydrogen-bond donors (Lipinski definition) is 2. The summed E-state index contributed by atoms with van der Waals surface area (Å²) in [6.45, 7) is 3.80. The van der Waals surface area contributed by atoms with Gasteiger partial charge in [-0.1, -0.05) is 25.2 Å². The molecule has 0 bridgehead atoms. The first-order valence-corrected chi connectivity index (χ1v) is 6.40. The van der Waals surface area contributed by atoms with Crippen molar-refractivity contribution in [1.29, 1.82) is 0 Å². The zero-order valence-corrected chi connectivity index (χ0v) is 11.1. The third-order valence-corrected chi connectivity index (χ3v) is 3.91. The smallest absolute Gasteiger partial charge is 0.226 e. The molecular weight excluding hydrogens is 240 g/mol. The first-order chi connectivity index (χ1) is 7.48. The van der Waals surface area contributed by atoms with Crippen molar-refractivity contribution in [2.75, 3.05) is 0 Å². The molecule has 1 unspecified atom stereocenters. The summed E-state index contributed by atoms with van der Waals surface area (Å²) in [5.41, 5.74) is 5.04. The van der Waals surface area contributed by atoms with Gasteiger partial charge in [-0.3, -0.25) is 4.79 Å². The van der Waals surface area contributed by atoms with E-state index >= 15 is 0 Å². The Kier molecular flexibility index (Phi) is 4.44. The highest BCUT2D eigenvalue weighted by atomic mass is 32.1. The number of thiophene rings is 1. The molecule has 3 N–H and O–H groups in total. The van der Waals surface area contributed by atoms with Crippen molar-refractivity contribution < 1.29 is 4.79 Å². The molecule has 0 radical (unpaired) electrons. The van der Waals surface area contributed by atoms with E-state index in [9.17, 15) is 4.79 Å². The summed E-state index contributed by atoms with van der Waals surface area (Å²) < 4.78 is 0. The number of carbonyl (C=O) groups excluding carboxylic acids is 1. The molecule has 0 aliphatic heterocycles. The van der Waals surface area contributed by atoms with Crippen molar-refractivity contribution in [1.82, 2.24) is 5.32 Å². The molecule has 0 aromatic carbocycles. The number of thiocarbonyl (C=S) groups is 1. The lowest BCUT2D eigenvalue weighted by Crippen LogP contribution is -2.54. The van der Waals surface area contributed by atoms with Crippen LogP contribution in [0.5, 0.6) is 0 Å². The van der Waals surface area contributed by atoms with E-state index in [2.05, 4.69) is 5.32 Å². The minimum atomic E-state index is -0.580. The number of hydrogen-bond acceptors (Lipinski definition) is 3. The number of amides is 1. The van der Waals surface area contributed by atoms with Crippen LogP contribution in [0.1, 0.15) is 25.1 Å². The normalized spacial score (nSPS) is 14.1. The quantitative estimate of drug-likeness (QED) is 0.791. The van der Waals surface area contributed by atoms with Gasteiger partial charge in [0.2, 0.25) is 5.91 Å². The molecule has 1 amide bonds. The van der Waals surface area contributed by atoms with Crippen LogP contribution in [0.3, 0.4) is 0 Å². The van der Waals surface area contributed by atoms with E-state index in [0.717, 1.165) is 4.88 Å². The predicted octanol–water partition coefficient (Wildman–Crippen LogP) is 1.86. The SMILES string of the molecule is CCC(C)(NC(=O)Cc1cccs1)C(N)=S. The summed E-state index contributed by atoms with van der Waals surface area (Å²) in [6.07, 6.45) is 1.08. The number of rotatable bonds is 5. The van der Waals surface area contributed by atoms with E-state index < -0.39 is 5.54 Å². The Bertz CT molecular complexity index is 375. The summed E-state index contributed by atoms with van der Waals surface area (Å²) in [7, 11) is 0. The number of carbonyl (C=O) groups is 1. The molecule has 0 fully saturated rings. The third kappa shape index (κ3) is 3.28. The lowest BCUT2D eigenvalue weighted by molar-refractivity contribution is -0.121. The summed E-state index contributed by atoms with van der Waals surface area (Å²) in [6, 6.07) is 3.87. The molecule has 3 nitrogen and oxygen atoms in total. The molecule has 16 heavy (non-hydrogen) atoms. The van der Waals surface area contributed by atoms with Crippen LogP contribution < -0.4 is 11.1 Å². The topological polar surface area (TPSA) is 55.1 Å². The minimum absolute atomic E-state index is 0.0420. The van der Waals surface area contributed by atoms with Gasteiger partial charge in [0.15, 0.2) is 0 Å². The summed E-state index contributed by atoms with van der Waals surface area (Å²) in [5, 5.41) is 4.84. The lowest BCUT2D eigenvalue weighted by atomic mass is 9.99. The number of nitrogens with two attached hydrogens (primary N) is 1. The highest BCUT2D eigenvalue weighted by Gasteiger charge is 2.27. The molecule has 1 heterocycles. The molecule has 1 atom stereocenters. The Labute approximate surface area is 105 Å². The van der Waals surface area contributed by atoms with E-state index in [4.69, 9.17) is 18.0 Å². The largest absolute Gasteiger partial charge is 0.391 e. The van der Waals surface area contributed by atoms with Crippen LogP contribution in [0, 0.1) is 0 Å². The maximum absolute atomic E-state index is 11.8. The fourth-order valence-electron chi connectivity index (χ4n) is 1.25. The van der Waals surface area contributed by atoms with Crippen molar-refractivity contribution >= 4 is 34.5 Å². The lowest BCUT2D eigenvalue weighted by Gasteiger charge is -2.28. The third-order valence-electron chi connectivity index (χ3n) is 2.58. The monoisotopic (exact) mass is 256 g/mol. The molecule has 0 aliphatic rings. The van der Waals surface area contributed by atoms with Gasteiger partial charge in [0.25, 0.3) is 0 Å². The minimum Gasteiger partial charge on any atom is -0.391 e. The Morgan fingerprint density at radius 2 is 2.38 bits per heavy atom. The molecule has 0 spiro atoms.